The number of carbonyl (C=O) groups excluding carboxylic acids is 1. The summed E-state index contributed by atoms with van der Waals surface area (Å²) in [6.07, 6.45) is 3.78. The van der Waals surface area contributed by atoms with Crippen LogP contribution >= 0.6 is 0 Å². The van der Waals surface area contributed by atoms with E-state index in [4.69, 9.17) is 4.74 Å². The Morgan fingerprint density at radius 2 is 2.33 bits per heavy atom. The van der Waals surface area contributed by atoms with Crippen molar-refractivity contribution in [3.63, 3.8) is 0 Å². The molecule has 1 unspecified atom stereocenters. The van der Waals surface area contributed by atoms with Crippen molar-refractivity contribution in [1.29, 1.82) is 0 Å². The van der Waals surface area contributed by atoms with Crippen LogP contribution in [0, 0.1) is 5.92 Å². The zero-order valence-corrected chi connectivity index (χ0v) is 8.01. The number of hydrogen-bond acceptors (Lipinski definition) is 2. The van der Waals surface area contributed by atoms with Crippen molar-refractivity contribution < 1.29 is 9.53 Å². The lowest BCUT2D eigenvalue weighted by Gasteiger charge is -2.08. The van der Waals surface area contributed by atoms with E-state index in [1.165, 1.54) is 0 Å². The first-order valence-corrected chi connectivity index (χ1v) is 4.82. The molecule has 1 aliphatic rings. The molecule has 0 N–H and O–H groups in total. The Labute approximate surface area is 74.3 Å². The average molecular weight is 170 g/mol. The van der Waals surface area contributed by atoms with Gasteiger partial charge in [-0.25, -0.2) is 0 Å². The molecule has 0 aromatic carbocycles. The van der Waals surface area contributed by atoms with Gasteiger partial charge in [-0.3, -0.25) is 4.79 Å². The molecule has 1 rings (SSSR count). The number of Topliss-reactive ketones (excluding diaryl/α,β-unsaturated/α-hetero) is 1. The lowest BCUT2D eigenvalue weighted by atomic mass is 10.0. The van der Waals surface area contributed by atoms with Gasteiger partial charge in [-0.2, -0.15) is 0 Å². The highest BCUT2D eigenvalue weighted by Gasteiger charge is 2.19. The summed E-state index contributed by atoms with van der Waals surface area (Å²) in [6.45, 7) is 5.00. The smallest absolute Gasteiger partial charge is 0.135 e. The first-order chi connectivity index (χ1) is 5.68. The topological polar surface area (TPSA) is 26.3 Å². The van der Waals surface area contributed by atoms with Gasteiger partial charge in [0.2, 0.25) is 0 Å². The third-order valence-corrected chi connectivity index (χ3v) is 2.12. The summed E-state index contributed by atoms with van der Waals surface area (Å²) < 4.78 is 5.38. The molecule has 0 aromatic rings. The highest BCUT2D eigenvalue weighted by Crippen LogP contribution is 2.17. The molecule has 1 saturated heterocycles. The second-order valence-corrected chi connectivity index (χ2v) is 3.98. The predicted octanol–water partition coefficient (Wildman–Crippen LogP) is 2.17. The second kappa shape index (κ2) is 4.61. The zero-order chi connectivity index (χ0) is 8.97. The van der Waals surface area contributed by atoms with Gasteiger partial charge in [0, 0.05) is 19.4 Å². The maximum atomic E-state index is 11.3. The Kier molecular flexibility index (Phi) is 3.73. The Morgan fingerprint density at radius 3 is 2.83 bits per heavy atom. The Bertz CT molecular complexity index is 146. The van der Waals surface area contributed by atoms with Crippen LogP contribution in [-0.2, 0) is 9.53 Å². The van der Waals surface area contributed by atoms with Gasteiger partial charge in [0.1, 0.15) is 5.78 Å². The molecule has 0 saturated carbocycles. The van der Waals surface area contributed by atoms with E-state index in [2.05, 4.69) is 13.8 Å². The summed E-state index contributed by atoms with van der Waals surface area (Å²) in [5.41, 5.74) is 0. The highest BCUT2D eigenvalue weighted by molar-refractivity contribution is 5.79. The molecule has 2 nitrogen and oxygen atoms in total. The van der Waals surface area contributed by atoms with Crippen LogP contribution in [0.2, 0.25) is 0 Å². The minimum absolute atomic E-state index is 0.233. The molecule has 0 amide bonds. The van der Waals surface area contributed by atoms with Crippen LogP contribution in [0.3, 0.4) is 0 Å². The van der Waals surface area contributed by atoms with Crippen molar-refractivity contribution >= 4 is 5.78 Å². The van der Waals surface area contributed by atoms with Gasteiger partial charge in [-0.15, -0.1) is 0 Å². The summed E-state index contributed by atoms with van der Waals surface area (Å²) in [4.78, 5) is 11.3. The van der Waals surface area contributed by atoms with Crippen LogP contribution in [0.15, 0.2) is 0 Å². The minimum atomic E-state index is 0.233. The van der Waals surface area contributed by atoms with Crippen molar-refractivity contribution in [3.8, 4) is 0 Å². The minimum Gasteiger partial charge on any atom is -0.378 e. The highest BCUT2D eigenvalue weighted by atomic mass is 16.5. The fraction of sp³-hybridized carbons (Fsp3) is 0.900. The number of ketones is 1. The van der Waals surface area contributed by atoms with Crippen LogP contribution < -0.4 is 0 Å². The van der Waals surface area contributed by atoms with Gasteiger partial charge in [0.15, 0.2) is 0 Å². The summed E-state index contributed by atoms with van der Waals surface area (Å²) >= 11 is 0. The number of carbonyl (C=O) groups is 1. The summed E-state index contributed by atoms with van der Waals surface area (Å²) in [6, 6.07) is 0. The third kappa shape index (κ3) is 3.35. The van der Waals surface area contributed by atoms with Gasteiger partial charge in [-0.1, -0.05) is 13.8 Å². The van der Waals surface area contributed by atoms with Crippen LogP contribution in [0.4, 0.5) is 0 Å². The maximum Gasteiger partial charge on any atom is 0.135 e. The number of hydrogen-bond donors (Lipinski definition) is 0. The van der Waals surface area contributed by atoms with Crippen LogP contribution in [-0.4, -0.2) is 18.5 Å². The SMILES string of the molecule is CC(C)CC(=O)CC1CCCO1. The molecule has 0 aromatic heterocycles. The number of rotatable bonds is 4. The summed E-state index contributed by atoms with van der Waals surface area (Å²) in [5, 5.41) is 0. The molecule has 0 aliphatic carbocycles. The van der Waals surface area contributed by atoms with Gasteiger partial charge in [0.05, 0.1) is 6.10 Å². The molecule has 1 atom stereocenters. The third-order valence-electron chi connectivity index (χ3n) is 2.12. The molecule has 0 spiro atoms. The van der Waals surface area contributed by atoms with Crippen LogP contribution in [0.25, 0.3) is 0 Å². The Morgan fingerprint density at radius 1 is 1.58 bits per heavy atom. The van der Waals surface area contributed by atoms with E-state index < -0.39 is 0 Å². The molecule has 0 radical (unpaired) electrons. The summed E-state index contributed by atoms with van der Waals surface area (Å²) in [7, 11) is 0. The first-order valence-electron chi connectivity index (χ1n) is 4.82. The maximum absolute atomic E-state index is 11.3. The van der Waals surface area contributed by atoms with Crippen molar-refractivity contribution in [2.45, 2.75) is 45.6 Å². The number of ether oxygens (including phenoxy) is 1. The van der Waals surface area contributed by atoms with E-state index in [1.54, 1.807) is 0 Å². The molecule has 1 fully saturated rings. The molecule has 0 bridgehead atoms. The van der Waals surface area contributed by atoms with Gasteiger partial charge >= 0.3 is 0 Å². The Balaban J connectivity index is 2.16. The molecular formula is C10H18O2. The lowest BCUT2D eigenvalue weighted by molar-refractivity contribution is -0.121. The molecule has 12 heavy (non-hydrogen) atoms. The standard InChI is InChI=1S/C10H18O2/c1-8(2)6-9(11)7-10-4-3-5-12-10/h8,10H,3-7H2,1-2H3. The fourth-order valence-corrected chi connectivity index (χ4v) is 1.60. The van der Waals surface area contributed by atoms with E-state index in [9.17, 15) is 4.79 Å². The van der Waals surface area contributed by atoms with E-state index in [-0.39, 0.29) is 6.10 Å². The zero-order valence-electron chi connectivity index (χ0n) is 8.01. The van der Waals surface area contributed by atoms with E-state index >= 15 is 0 Å². The van der Waals surface area contributed by atoms with Gasteiger partial charge < -0.3 is 4.74 Å². The normalized spacial score (nSPS) is 23.4. The second-order valence-electron chi connectivity index (χ2n) is 3.98. The Hall–Kier alpha value is -0.370. The van der Waals surface area contributed by atoms with Crippen molar-refractivity contribution in [2.75, 3.05) is 6.61 Å². The van der Waals surface area contributed by atoms with Crippen molar-refractivity contribution in [3.05, 3.63) is 0 Å². The monoisotopic (exact) mass is 170 g/mol. The van der Waals surface area contributed by atoms with E-state index in [0.29, 0.717) is 24.5 Å². The quantitative estimate of drug-likeness (QED) is 0.646. The van der Waals surface area contributed by atoms with Gasteiger partial charge in [0.25, 0.3) is 0 Å². The van der Waals surface area contributed by atoms with Crippen molar-refractivity contribution in [1.82, 2.24) is 0 Å². The predicted molar refractivity (Wildman–Crippen MR) is 48.1 cm³/mol. The average Bonchev–Trinajstić information content (AvgIpc) is 2.37. The fourth-order valence-electron chi connectivity index (χ4n) is 1.60. The largest absolute Gasteiger partial charge is 0.378 e. The van der Waals surface area contributed by atoms with Crippen molar-refractivity contribution in [2.24, 2.45) is 5.92 Å². The van der Waals surface area contributed by atoms with Gasteiger partial charge in [-0.05, 0) is 18.8 Å². The first kappa shape index (κ1) is 9.72. The summed E-state index contributed by atoms with van der Waals surface area (Å²) in [5.74, 6) is 0.843. The molecule has 2 heteroatoms. The molecule has 70 valence electrons. The molecule has 1 heterocycles. The molecular weight excluding hydrogens is 152 g/mol. The molecule has 1 aliphatic heterocycles. The van der Waals surface area contributed by atoms with E-state index in [0.717, 1.165) is 19.4 Å². The lowest BCUT2D eigenvalue weighted by Crippen LogP contribution is -2.13. The van der Waals surface area contributed by atoms with Crippen LogP contribution in [0.1, 0.15) is 39.5 Å². The van der Waals surface area contributed by atoms with E-state index in [1.807, 2.05) is 0 Å². The van der Waals surface area contributed by atoms with Crippen LogP contribution in [0.5, 0.6) is 0 Å².